The van der Waals surface area contributed by atoms with E-state index < -0.39 is 0 Å². The summed E-state index contributed by atoms with van der Waals surface area (Å²) < 4.78 is 1.79. The van der Waals surface area contributed by atoms with Crippen molar-refractivity contribution in [2.45, 2.75) is 19.9 Å². The number of nitrogens with zero attached hydrogens (tertiary/aromatic N) is 4. The maximum Gasteiger partial charge on any atom is 0.250 e. The van der Waals surface area contributed by atoms with Crippen molar-refractivity contribution in [3.05, 3.63) is 76.6 Å². The number of thiocarbonyl (C=S) groups is 1. The number of halogens is 1. The summed E-state index contributed by atoms with van der Waals surface area (Å²) in [5, 5.41) is 20.4. The zero-order valence-corrected chi connectivity index (χ0v) is 19.5. The van der Waals surface area contributed by atoms with Gasteiger partial charge in [-0.2, -0.15) is 9.61 Å². The molecular formula is C22H19ClN6OS2. The molecule has 1 amide bonds. The van der Waals surface area contributed by atoms with E-state index in [1.165, 1.54) is 17.4 Å². The average molecular weight is 483 g/mol. The van der Waals surface area contributed by atoms with Crippen LogP contribution in [-0.2, 0) is 17.8 Å². The number of aryl methyl sites for hydroxylation is 1. The maximum atomic E-state index is 12.0. The second-order valence-electron chi connectivity index (χ2n) is 6.83. The fraction of sp³-hybridized carbons (Fsp3) is 0.136. The van der Waals surface area contributed by atoms with Gasteiger partial charge in [-0.1, -0.05) is 66.3 Å². The second kappa shape index (κ2) is 9.99. The van der Waals surface area contributed by atoms with E-state index in [4.69, 9.17) is 23.8 Å². The Balaban J connectivity index is 1.29. The molecule has 0 bridgehead atoms. The van der Waals surface area contributed by atoms with Crippen LogP contribution < -0.4 is 10.6 Å². The third kappa shape index (κ3) is 5.37. The summed E-state index contributed by atoms with van der Waals surface area (Å²) in [5.41, 5.74) is 2.91. The Morgan fingerprint density at radius 3 is 2.62 bits per heavy atom. The first-order chi connectivity index (χ1) is 15.5. The topological polar surface area (TPSA) is 84.2 Å². The standard InChI is InChI=1S/C22H19ClN6OS2/c1-2-18-26-27-22-29(18)28-20(32-22)16-8-3-15(4-9-16)13-24-21(31)25-19(30)12-7-14-5-10-17(23)11-6-14/h3-12H,2,13H2,1H3,(H2,24,25,30,31)/b12-7+. The minimum absolute atomic E-state index is 0.264. The van der Waals surface area contributed by atoms with Gasteiger partial charge in [-0.3, -0.25) is 10.1 Å². The van der Waals surface area contributed by atoms with Crippen molar-refractivity contribution in [2.24, 2.45) is 0 Å². The number of amides is 1. The zero-order chi connectivity index (χ0) is 22.5. The van der Waals surface area contributed by atoms with E-state index in [1.807, 2.05) is 43.3 Å². The van der Waals surface area contributed by atoms with Gasteiger partial charge in [0.2, 0.25) is 10.9 Å². The molecule has 0 saturated heterocycles. The van der Waals surface area contributed by atoms with Crippen LogP contribution in [0.15, 0.2) is 54.6 Å². The highest BCUT2D eigenvalue weighted by Gasteiger charge is 2.11. The van der Waals surface area contributed by atoms with E-state index in [0.29, 0.717) is 11.6 Å². The number of hydrogen-bond donors (Lipinski definition) is 2. The molecule has 2 aromatic carbocycles. The van der Waals surface area contributed by atoms with Crippen LogP contribution in [0.5, 0.6) is 0 Å². The number of hydrogen-bond acceptors (Lipinski definition) is 6. The third-order valence-corrected chi connectivity index (χ3v) is 6.01. The first-order valence-electron chi connectivity index (χ1n) is 9.84. The van der Waals surface area contributed by atoms with E-state index in [9.17, 15) is 4.79 Å². The van der Waals surface area contributed by atoms with Crippen molar-refractivity contribution in [3.8, 4) is 10.6 Å². The van der Waals surface area contributed by atoms with Gasteiger partial charge in [0.05, 0.1) is 0 Å². The van der Waals surface area contributed by atoms with Gasteiger partial charge in [-0.25, -0.2) is 0 Å². The summed E-state index contributed by atoms with van der Waals surface area (Å²) in [6.45, 7) is 2.52. The number of benzene rings is 2. The predicted molar refractivity (Wildman–Crippen MR) is 132 cm³/mol. The summed E-state index contributed by atoms with van der Waals surface area (Å²) >= 11 is 12.6. The Morgan fingerprint density at radius 1 is 1.16 bits per heavy atom. The van der Waals surface area contributed by atoms with Crippen LogP contribution >= 0.6 is 35.2 Å². The molecule has 0 aliphatic carbocycles. The van der Waals surface area contributed by atoms with Crippen molar-refractivity contribution in [1.82, 2.24) is 30.4 Å². The van der Waals surface area contributed by atoms with Gasteiger partial charge in [0.1, 0.15) is 5.01 Å². The molecule has 7 nitrogen and oxygen atoms in total. The molecule has 0 spiro atoms. The molecule has 0 unspecified atom stereocenters. The number of aromatic nitrogens is 4. The number of rotatable bonds is 6. The number of carbonyl (C=O) groups is 1. The lowest BCUT2D eigenvalue weighted by atomic mass is 10.1. The van der Waals surface area contributed by atoms with Gasteiger partial charge in [0.15, 0.2) is 10.9 Å². The largest absolute Gasteiger partial charge is 0.358 e. The lowest BCUT2D eigenvalue weighted by molar-refractivity contribution is -0.115. The van der Waals surface area contributed by atoms with Crippen LogP contribution in [0.3, 0.4) is 0 Å². The molecule has 0 aliphatic heterocycles. The molecule has 0 atom stereocenters. The molecule has 4 rings (SSSR count). The van der Waals surface area contributed by atoms with Crippen LogP contribution in [0.2, 0.25) is 5.02 Å². The van der Waals surface area contributed by atoms with E-state index in [0.717, 1.165) is 38.9 Å². The van der Waals surface area contributed by atoms with E-state index in [2.05, 4.69) is 25.9 Å². The number of fused-ring (bicyclic) bond motifs is 1. The summed E-state index contributed by atoms with van der Waals surface area (Å²) in [5.74, 6) is 0.546. The summed E-state index contributed by atoms with van der Waals surface area (Å²) in [6, 6.07) is 15.2. The molecule has 0 radical (unpaired) electrons. The Morgan fingerprint density at radius 2 is 1.91 bits per heavy atom. The fourth-order valence-corrected chi connectivity index (χ4v) is 4.05. The SMILES string of the molecule is CCc1nnc2sc(-c3ccc(CNC(=S)NC(=O)/C=C/c4ccc(Cl)cc4)cc3)nn12. The fourth-order valence-electron chi connectivity index (χ4n) is 2.89. The van der Waals surface area contributed by atoms with Crippen LogP contribution in [0.1, 0.15) is 23.9 Å². The van der Waals surface area contributed by atoms with Crippen LogP contribution in [0.25, 0.3) is 21.6 Å². The zero-order valence-electron chi connectivity index (χ0n) is 17.1. The number of carbonyl (C=O) groups excluding carboxylic acids is 1. The lowest BCUT2D eigenvalue weighted by Gasteiger charge is -2.08. The predicted octanol–water partition coefficient (Wildman–Crippen LogP) is 4.27. The normalized spacial score (nSPS) is 11.2. The first-order valence-corrected chi connectivity index (χ1v) is 11.4. The van der Waals surface area contributed by atoms with Crippen molar-refractivity contribution in [1.29, 1.82) is 0 Å². The molecule has 0 fully saturated rings. The minimum Gasteiger partial charge on any atom is -0.358 e. The molecular weight excluding hydrogens is 464 g/mol. The Kier molecular flexibility index (Phi) is 6.89. The molecule has 2 heterocycles. The van der Waals surface area contributed by atoms with Crippen molar-refractivity contribution < 1.29 is 4.79 Å². The van der Waals surface area contributed by atoms with Crippen LogP contribution in [0, 0.1) is 0 Å². The van der Waals surface area contributed by atoms with Crippen LogP contribution in [0.4, 0.5) is 0 Å². The van der Waals surface area contributed by atoms with Gasteiger partial charge in [-0.05, 0) is 41.6 Å². The van der Waals surface area contributed by atoms with Gasteiger partial charge in [0.25, 0.3) is 0 Å². The van der Waals surface area contributed by atoms with Crippen molar-refractivity contribution >= 4 is 57.2 Å². The monoisotopic (exact) mass is 482 g/mol. The molecule has 10 heteroatoms. The maximum absolute atomic E-state index is 12.0. The van der Waals surface area contributed by atoms with Crippen molar-refractivity contribution in [2.75, 3.05) is 0 Å². The summed E-state index contributed by atoms with van der Waals surface area (Å²) in [6.07, 6.45) is 3.90. The minimum atomic E-state index is -0.303. The van der Waals surface area contributed by atoms with Gasteiger partial charge < -0.3 is 5.32 Å². The van der Waals surface area contributed by atoms with E-state index in [-0.39, 0.29) is 11.0 Å². The molecule has 2 aromatic heterocycles. The van der Waals surface area contributed by atoms with Gasteiger partial charge in [0, 0.05) is 29.6 Å². The molecule has 162 valence electrons. The molecule has 2 N–H and O–H groups in total. The molecule has 0 aliphatic rings. The summed E-state index contributed by atoms with van der Waals surface area (Å²) in [7, 11) is 0. The second-order valence-corrected chi connectivity index (χ2v) is 8.63. The number of nitrogens with one attached hydrogen (secondary N) is 2. The molecule has 4 aromatic rings. The highest BCUT2D eigenvalue weighted by molar-refractivity contribution is 7.80. The summed E-state index contributed by atoms with van der Waals surface area (Å²) in [4.78, 5) is 12.8. The highest BCUT2D eigenvalue weighted by atomic mass is 35.5. The van der Waals surface area contributed by atoms with Crippen molar-refractivity contribution in [3.63, 3.8) is 0 Å². The first kappa shape index (κ1) is 22.1. The molecule has 32 heavy (non-hydrogen) atoms. The molecule has 0 saturated carbocycles. The average Bonchev–Trinajstić information content (AvgIpc) is 3.38. The van der Waals surface area contributed by atoms with Gasteiger partial charge >= 0.3 is 0 Å². The Bertz CT molecular complexity index is 1280. The van der Waals surface area contributed by atoms with E-state index in [1.54, 1.807) is 22.7 Å². The van der Waals surface area contributed by atoms with Crippen LogP contribution in [-0.4, -0.2) is 30.8 Å². The van der Waals surface area contributed by atoms with E-state index >= 15 is 0 Å². The Hall–Kier alpha value is -3.14. The third-order valence-electron chi connectivity index (χ3n) is 4.56. The quantitative estimate of drug-likeness (QED) is 0.315. The van der Waals surface area contributed by atoms with Gasteiger partial charge in [-0.15, -0.1) is 10.2 Å². The lowest BCUT2D eigenvalue weighted by Crippen LogP contribution is -2.37. The smallest absolute Gasteiger partial charge is 0.250 e. The Labute approximate surface area is 199 Å². The highest BCUT2D eigenvalue weighted by Crippen LogP contribution is 2.25.